The minimum atomic E-state index is 0.135. The topological polar surface area (TPSA) is 57.3 Å². The van der Waals surface area contributed by atoms with Crippen LogP contribution in [0.25, 0.3) is 10.9 Å². The molecule has 1 aromatic carbocycles. The van der Waals surface area contributed by atoms with E-state index in [4.69, 9.17) is 0 Å². The quantitative estimate of drug-likeness (QED) is 0.427. The lowest BCUT2D eigenvalue weighted by Crippen LogP contribution is -2.31. The van der Waals surface area contributed by atoms with Crippen molar-refractivity contribution in [2.75, 3.05) is 38.0 Å². The summed E-state index contributed by atoms with van der Waals surface area (Å²) in [5, 5.41) is 7.58. The SMILES string of the molecule is CCN(CC)CCC(=O)NCCCNc1ccnc2cc(I)ccc12. The van der Waals surface area contributed by atoms with Gasteiger partial charge in [-0.15, -0.1) is 0 Å². The van der Waals surface area contributed by atoms with Crippen LogP contribution in [0.15, 0.2) is 30.5 Å². The van der Waals surface area contributed by atoms with E-state index in [1.54, 1.807) is 0 Å². The summed E-state index contributed by atoms with van der Waals surface area (Å²) in [4.78, 5) is 18.5. The van der Waals surface area contributed by atoms with Gasteiger partial charge in [-0.05, 0) is 66.4 Å². The molecule has 0 atom stereocenters. The Morgan fingerprint density at radius 1 is 1.20 bits per heavy atom. The van der Waals surface area contributed by atoms with Gasteiger partial charge in [0.05, 0.1) is 5.52 Å². The second-order valence-corrected chi connectivity index (χ2v) is 7.17. The van der Waals surface area contributed by atoms with E-state index in [9.17, 15) is 4.79 Å². The van der Waals surface area contributed by atoms with Gasteiger partial charge in [-0.3, -0.25) is 9.78 Å². The molecule has 0 unspecified atom stereocenters. The van der Waals surface area contributed by atoms with Gasteiger partial charge in [0.1, 0.15) is 0 Å². The van der Waals surface area contributed by atoms with Crippen molar-refractivity contribution in [1.82, 2.24) is 15.2 Å². The van der Waals surface area contributed by atoms with Crippen molar-refractivity contribution in [2.45, 2.75) is 26.7 Å². The standard InChI is InChI=1S/C19H27IN4O/c1-3-24(4-2)13-9-19(25)23-11-5-10-21-17-8-12-22-18-14-15(20)6-7-16(17)18/h6-8,12,14H,3-5,9-11,13H2,1-2H3,(H,21,22)(H,23,25). The Balaban J connectivity index is 1.70. The van der Waals surface area contributed by atoms with E-state index in [1.165, 1.54) is 3.57 Å². The maximum Gasteiger partial charge on any atom is 0.221 e. The van der Waals surface area contributed by atoms with Crippen LogP contribution in [0.4, 0.5) is 5.69 Å². The highest BCUT2D eigenvalue weighted by atomic mass is 127. The van der Waals surface area contributed by atoms with E-state index >= 15 is 0 Å². The highest BCUT2D eigenvalue weighted by Gasteiger charge is 2.05. The van der Waals surface area contributed by atoms with Gasteiger partial charge in [0.25, 0.3) is 0 Å². The fraction of sp³-hybridized carbons (Fsp3) is 0.474. The minimum Gasteiger partial charge on any atom is -0.384 e. The number of carbonyl (C=O) groups is 1. The maximum absolute atomic E-state index is 11.9. The van der Waals surface area contributed by atoms with Crippen LogP contribution in [-0.2, 0) is 4.79 Å². The van der Waals surface area contributed by atoms with Crippen molar-refractivity contribution in [3.63, 3.8) is 0 Å². The molecule has 2 N–H and O–H groups in total. The minimum absolute atomic E-state index is 0.135. The Kier molecular flexibility index (Phi) is 8.40. The van der Waals surface area contributed by atoms with Crippen molar-refractivity contribution in [3.05, 3.63) is 34.0 Å². The lowest BCUT2D eigenvalue weighted by molar-refractivity contribution is -0.121. The van der Waals surface area contributed by atoms with Crippen LogP contribution in [0.3, 0.4) is 0 Å². The number of hydrogen-bond acceptors (Lipinski definition) is 4. The molecule has 136 valence electrons. The van der Waals surface area contributed by atoms with E-state index in [0.29, 0.717) is 13.0 Å². The first-order chi connectivity index (χ1) is 12.1. The smallest absolute Gasteiger partial charge is 0.221 e. The zero-order chi connectivity index (χ0) is 18.1. The number of rotatable bonds is 10. The third kappa shape index (κ3) is 6.43. The summed E-state index contributed by atoms with van der Waals surface area (Å²) in [6.07, 6.45) is 3.30. The van der Waals surface area contributed by atoms with Gasteiger partial charge in [-0.25, -0.2) is 0 Å². The monoisotopic (exact) mass is 454 g/mol. The highest BCUT2D eigenvalue weighted by Crippen LogP contribution is 2.23. The summed E-state index contributed by atoms with van der Waals surface area (Å²) in [5.74, 6) is 0.135. The number of anilines is 1. The Morgan fingerprint density at radius 3 is 2.76 bits per heavy atom. The first kappa shape index (κ1) is 19.9. The number of halogens is 1. The highest BCUT2D eigenvalue weighted by molar-refractivity contribution is 14.1. The first-order valence-electron chi connectivity index (χ1n) is 8.91. The number of carbonyl (C=O) groups excluding carboxylic acids is 1. The molecule has 5 nitrogen and oxygen atoms in total. The second-order valence-electron chi connectivity index (χ2n) is 5.93. The molecule has 0 fully saturated rings. The van der Waals surface area contributed by atoms with Gasteiger partial charge in [0, 0.05) is 46.9 Å². The molecule has 1 heterocycles. The number of benzene rings is 1. The summed E-state index contributed by atoms with van der Waals surface area (Å²) in [5.41, 5.74) is 2.09. The predicted octanol–water partition coefficient (Wildman–Crippen LogP) is 3.49. The van der Waals surface area contributed by atoms with Crippen LogP contribution in [0, 0.1) is 3.57 Å². The fourth-order valence-corrected chi connectivity index (χ4v) is 3.18. The van der Waals surface area contributed by atoms with Gasteiger partial charge in [-0.1, -0.05) is 13.8 Å². The first-order valence-corrected chi connectivity index (χ1v) is 9.99. The molecule has 0 saturated carbocycles. The van der Waals surface area contributed by atoms with E-state index in [1.807, 2.05) is 12.3 Å². The average molecular weight is 454 g/mol. The van der Waals surface area contributed by atoms with Crippen molar-refractivity contribution in [1.29, 1.82) is 0 Å². The van der Waals surface area contributed by atoms with E-state index in [0.717, 1.165) is 49.2 Å². The van der Waals surface area contributed by atoms with Crippen LogP contribution in [0.1, 0.15) is 26.7 Å². The molecular formula is C19H27IN4O. The summed E-state index contributed by atoms with van der Waals surface area (Å²) >= 11 is 2.30. The lowest BCUT2D eigenvalue weighted by Gasteiger charge is -2.17. The normalized spacial score (nSPS) is 11.0. The molecule has 0 saturated heterocycles. The molecule has 6 heteroatoms. The van der Waals surface area contributed by atoms with Gasteiger partial charge >= 0.3 is 0 Å². The zero-order valence-corrected chi connectivity index (χ0v) is 17.2. The van der Waals surface area contributed by atoms with Crippen LogP contribution in [-0.4, -0.2) is 48.5 Å². The van der Waals surface area contributed by atoms with Crippen LogP contribution < -0.4 is 10.6 Å². The average Bonchev–Trinajstić information content (AvgIpc) is 2.62. The molecule has 0 aliphatic rings. The van der Waals surface area contributed by atoms with E-state index in [2.05, 4.69) is 75.2 Å². The molecule has 0 aliphatic carbocycles. The summed E-state index contributed by atoms with van der Waals surface area (Å²) in [6, 6.07) is 8.27. The Bertz CT molecular complexity index is 688. The number of amides is 1. The van der Waals surface area contributed by atoms with Crippen LogP contribution in [0.2, 0.25) is 0 Å². The van der Waals surface area contributed by atoms with Gasteiger partial charge in [0.15, 0.2) is 0 Å². The fourth-order valence-electron chi connectivity index (χ4n) is 2.70. The molecule has 2 aromatic rings. The number of nitrogens with zero attached hydrogens (tertiary/aromatic N) is 2. The van der Waals surface area contributed by atoms with Crippen LogP contribution >= 0.6 is 22.6 Å². The molecule has 2 rings (SSSR count). The van der Waals surface area contributed by atoms with E-state index in [-0.39, 0.29) is 5.91 Å². The molecule has 0 radical (unpaired) electrons. The van der Waals surface area contributed by atoms with E-state index < -0.39 is 0 Å². The largest absolute Gasteiger partial charge is 0.384 e. The maximum atomic E-state index is 11.9. The summed E-state index contributed by atoms with van der Waals surface area (Å²) < 4.78 is 1.18. The molecule has 0 aliphatic heterocycles. The van der Waals surface area contributed by atoms with Gasteiger partial charge in [-0.2, -0.15) is 0 Å². The molecule has 25 heavy (non-hydrogen) atoms. The Morgan fingerprint density at radius 2 is 2.00 bits per heavy atom. The molecular weight excluding hydrogens is 427 g/mol. The second kappa shape index (κ2) is 10.6. The number of nitrogens with one attached hydrogen (secondary N) is 2. The Hall–Kier alpha value is -1.41. The lowest BCUT2D eigenvalue weighted by atomic mass is 10.2. The molecule has 0 bridgehead atoms. The van der Waals surface area contributed by atoms with Gasteiger partial charge in [0.2, 0.25) is 5.91 Å². The summed E-state index contributed by atoms with van der Waals surface area (Å²) in [6.45, 7) is 8.58. The predicted molar refractivity (Wildman–Crippen MR) is 113 cm³/mol. The third-order valence-electron chi connectivity index (χ3n) is 4.25. The van der Waals surface area contributed by atoms with Crippen molar-refractivity contribution >= 4 is 45.1 Å². The number of hydrogen-bond donors (Lipinski definition) is 2. The molecule has 0 spiro atoms. The summed E-state index contributed by atoms with van der Waals surface area (Å²) in [7, 11) is 0. The van der Waals surface area contributed by atoms with Crippen molar-refractivity contribution in [3.8, 4) is 0 Å². The van der Waals surface area contributed by atoms with Crippen molar-refractivity contribution in [2.24, 2.45) is 0 Å². The van der Waals surface area contributed by atoms with Gasteiger partial charge < -0.3 is 15.5 Å². The molecule has 1 aromatic heterocycles. The van der Waals surface area contributed by atoms with Crippen LogP contribution in [0.5, 0.6) is 0 Å². The number of fused-ring (bicyclic) bond motifs is 1. The number of aromatic nitrogens is 1. The third-order valence-corrected chi connectivity index (χ3v) is 4.92. The Labute approximate surface area is 163 Å². The molecule has 1 amide bonds. The zero-order valence-electron chi connectivity index (χ0n) is 15.0. The number of pyridine rings is 1. The van der Waals surface area contributed by atoms with Crippen molar-refractivity contribution < 1.29 is 4.79 Å².